The van der Waals surface area contributed by atoms with Gasteiger partial charge in [0.2, 0.25) is 0 Å². The van der Waals surface area contributed by atoms with E-state index in [0.717, 1.165) is 0 Å². The maximum Gasteiger partial charge on any atom is 0.309 e. The first-order chi connectivity index (χ1) is 9.46. The van der Waals surface area contributed by atoms with Crippen molar-refractivity contribution in [2.45, 2.75) is 12.5 Å². The molecule has 2 aromatic rings. The molecule has 2 atom stereocenters. The number of benzene rings is 1. The third kappa shape index (κ3) is 2.59. The largest absolute Gasteiger partial charge is 0.481 e. The van der Waals surface area contributed by atoms with Crippen LogP contribution in [0.5, 0.6) is 0 Å². The van der Waals surface area contributed by atoms with E-state index in [1.54, 1.807) is 36.5 Å². The molecule has 5 heteroatoms. The van der Waals surface area contributed by atoms with Gasteiger partial charge in [0.15, 0.2) is 0 Å². The zero-order chi connectivity index (χ0) is 14.8. The SMILES string of the molecule is CC(C(=O)O)C(O)(c1ccccc1)c1cncc(Br)c1. The molecular weight excluding hydrogens is 322 g/mol. The summed E-state index contributed by atoms with van der Waals surface area (Å²) in [5.74, 6) is -2.09. The minimum Gasteiger partial charge on any atom is -0.481 e. The Hall–Kier alpha value is -1.72. The number of pyridine rings is 1. The van der Waals surface area contributed by atoms with Crippen molar-refractivity contribution in [3.05, 3.63) is 64.4 Å². The predicted molar refractivity (Wildman–Crippen MR) is 78.2 cm³/mol. The van der Waals surface area contributed by atoms with E-state index in [1.807, 2.05) is 6.07 Å². The van der Waals surface area contributed by atoms with Gasteiger partial charge in [-0.3, -0.25) is 9.78 Å². The Labute approximate surface area is 125 Å². The monoisotopic (exact) mass is 335 g/mol. The highest BCUT2D eigenvalue weighted by Gasteiger charge is 2.42. The lowest BCUT2D eigenvalue weighted by Gasteiger charge is -2.32. The molecule has 0 aliphatic rings. The zero-order valence-electron chi connectivity index (χ0n) is 10.8. The number of carboxylic acid groups (broad SMARTS) is 1. The molecule has 104 valence electrons. The smallest absolute Gasteiger partial charge is 0.309 e. The van der Waals surface area contributed by atoms with Crippen LogP contribution in [0.25, 0.3) is 0 Å². The van der Waals surface area contributed by atoms with Crippen LogP contribution in [0.2, 0.25) is 0 Å². The Morgan fingerprint density at radius 1 is 1.25 bits per heavy atom. The minimum absolute atomic E-state index is 0.438. The van der Waals surface area contributed by atoms with Crippen LogP contribution in [0, 0.1) is 5.92 Å². The first-order valence-corrected chi connectivity index (χ1v) is 6.87. The molecule has 0 saturated heterocycles. The second-order valence-electron chi connectivity index (χ2n) is 4.58. The molecule has 0 saturated carbocycles. The van der Waals surface area contributed by atoms with E-state index in [-0.39, 0.29) is 0 Å². The number of aliphatic hydroxyl groups is 1. The topological polar surface area (TPSA) is 70.4 Å². The van der Waals surface area contributed by atoms with Crippen molar-refractivity contribution >= 4 is 21.9 Å². The van der Waals surface area contributed by atoms with Gasteiger partial charge in [-0.15, -0.1) is 0 Å². The molecule has 0 aliphatic heterocycles. The van der Waals surface area contributed by atoms with Crippen LogP contribution < -0.4 is 0 Å². The van der Waals surface area contributed by atoms with Crippen molar-refractivity contribution < 1.29 is 15.0 Å². The summed E-state index contributed by atoms with van der Waals surface area (Å²) < 4.78 is 0.682. The maximum absolute atomic E-state index is 11.4. The summed E-state index contributed by atoms with van der Waals surface area (Å²) in [4.78, 5) is 15.4. The molecule has 1 aromatic heterocycles. The molecule has 0 amide bonds. The number of aliphatic carboxylic acids is 1. The number of carbonyl (C=O) groups is 1. The first-order valence-electron chi connectivity index (χ1n) is 6.08. The normalized spacial score (nSPS) is 15.3. The Balaban J connectivity index is 2.64. The van der Waals surface area contributed by atoms with Gasteiger partial charge in [0.25, 0.3) is 0 Å². The van der Waals surface area contributed by atoms with Gasteiger partial charge in [0.05, 0.1) is 5.92 Å². The van der Waals surface area contributed by atoms with Crippen LogP contribution in [0.3, 0.4) is 0 Å². The quantitative estimate of drug-likeness (QED) is 0.901. The average Bonchev–Trinajstić information content (AvgIpc) is 2.46. The fraction of sp³-hybridized carbons (Fsp3) is 0.200. The summed E-state index contributed by atoms with van der Waals surface area (Å²) in [5, 5.41) is 20.4. The number of hydrogen-bond donors (Lipinski definition) is 2. The van der Waals surface area contributed by atoms with E-state index >= 15 is 0 Å². The summed E-state index contributed by atoms with van der Waals surface area (Å²) >= 11 is 3.29. The van der Waals surface area contributed by atoms with Gasteiger partial charge in [-0.2, -0.15) is 0 Å². The van der Waals surface area contributed by atoms with Crippen LogP contribution >= 0.6 is 15.9 Å². The molecule has 20 heavy (non-hydrogen) atoms. The van der Waals surface area contributed by atoms with E-state index in [2.05, 4.69) is 20.9 Å². The molecule has 0 radical (unpaired) electrons. The Bertz CT molecular complexity index is 618. The summed E-state index contributed by atoms with van der Waals surface area (Å²) in [6.45, 7) is 1.48. The van der Waals surface area contributed by atoms with Crippen molar-refractivity contribution in [2.24, 2.45) is 5.92 Å². The Morgan fingerprint density at radius 2 is 1.90 bits per heavy atom. The van der Waals surface area contributed by atoms with Gasteiger partial charge in [0.1, 0.15) is 5.60 Å². The summed E-state index contributed by atoms with van der Waals surface area (Å²) in [5.41, 5.74) is -0.674. The molecule has 4 nitrogen and oxygen atoms in total. The summed E-state index contributed by atoms with van der Waals surface area (Å²) in [7, 11) is 0. The zero-order valence-corrected chi connectivity index (χ0v) is 12.4. The number of carboxylic acids is 1. The van der Waals surface area contributed by atoms with Gasteiger partial charge >= 0.3 is 5.97 Å². The van der Waals surface area contributed by atoms with Crippen LogP contribution in [0.1, 0.15) is 18.1 Å². The third-order valence-electron chi connectivity index (χ3n) is 3.36. The fourth-order valence-electron chi connectivity index (χ4n) is 2.16. The predicted octanol–water partition coefficient (Wildman–Crippen LogP) is 2.80. The highest BCUT2D eigenvalue weighted by molar-refractivity contribution is 9.10. The standard InChI is InChI=1S/C15H14BrNO3/c1-10(14(18)19)15(20,11-5-3-2-4-6-11)12-7-13(16)9-17-8-12/h2-10,20H,1H3,(H,18,19). The number of hydrogen-bond acceptors (Lipinski definition) is 3. The van der Waals surface area contributed by atoms with Gasteiger partial charge in [-0.05, 0) is 34.5 Å². The molecule has 0 fully saturated rings. The van der Waals surface area contributed by atoms with Crippen LogP contribution in [-0.2, 0) is 10.4 Å². The fourth-order valence-corrected chi connectivity index (χ4v) is 2.52. The van der Waals surface area contributed by atoms with Crippen LogP contribution in [0.15, 0.2) is 53.3 Å². The van der Waals surface area contributed by atoms with E-state index < -0.39 is 17.5 Å². The Kier molecular flexibility index (Phi) is 4.20. The highest BCUT2D eigenvalue weighted by atomic mass is 79.9. The molecule has 0 bridgehead atoms. The van der Waals surface area contributed by atoms with Crippen molar-refractivity contribution in [3.8, 4) is 0 Å². The van der Waals surface area contributed by atoms with Crippen molar-refractivity contribution in [2.75, 3.05) is 0 Å². The van der Waals surface area contributed by atoms with Gasteiger partial charge in [-0.25, -0.2) is 0 Å². The Morgan fingerprint density at radius 3 is 2.45 bits per heavy atom. The molecule has 0 aliphatic carbocycles. The lowest BCUT2D eigenvalue weighted by molar-refractivity contribution is -0.149. The molecule has 2 rings (SSSR count). The average molecular weight is 336 g/mol. The van der Waals surface area contributed by atoms with Crippen molar-refractivity contribution in [1.82, 2.24) is 4.98 Å². The van der Waals surface area contributed by atoms with E-state index in [0.29, 0.717) is 15.6 Å². The third-order valence-corrected chi connectivity index (χ3v) is 3.79. The van der Waals surface area contributed by atoms with Gasteiger partial charge in [0, 0.05) is 22.4 Å². The van der Waals surface area contributed by atoms with Crippen molar-refractivity contribution in [3.63, 3.8) is 0 Å². The maximum atomic E-state index is 11.4. The molecule has 0 spiro atoms. The lowest BCUT2D eigenvalue weighted by Crippen LogP contribution is -2.39. The van der Waals surface area contributed by atoms with E-state index in [4.69, 9.17) is 0 Å². The second kappa shape index (κ2) is 5.73. The molecule has 2 unspecified atom stereocenters. The molecule has 1 heterocycles. The summed E-state index contributed by atoms with van der Waals surface area (Å²) in [6, 6.07) is 10.4. The van der Waals surface area contributed by atoms with Gasteiger partial charge < -0.3 is 10.2 Å². The molecule has 1 aromatic carbocycles. The van der Waals surface area contributed by atoms with Crippen LogP contribution in [0.4, 0.5) is 0 Å². The van der Waals surface area contributed by atoms with Gasteiger partial charge in [-0.1, -0.05) is 30.3 Å². The number of rotatable bonds is 4. The number of aromatic nitrogens is 1. The second-order valence-corrected chi connectivity index (χ2v) is 5.50. The minimum atomic E-state index is -1.64. The summed E-state index contributed by atoms with van der Waals surface area (Å²) in [6.07, 6.45) is 3.07. The lowest BCUT2D eigenvalue weighted by atomic mass is 9.77. The van der Waals surface area contributed by atoms with Crippen molar-refractivity contribution in [1.29, 1.82) is 0 Å². The number of nitrogens with zero attached hydrogens (tertiary/aromatic N) is 1. The highest BCUT2D eigenvalue weighted by Crippen LogP contribution is 2.37. The molecular formula is C15H14BrNO3. The first kappa shape index (κ1) is 14.7. The molecule has 2 N–H and O–H groups in total. The van der Waals surface area contributed by atoms with Crippen LogP contribution in [-0.4, -0.2) is 21.2 Å². The number of halogens is 1. The van der Waals surface area contributed by atoms with E-state index in [9.17, 15) is 15.0 Å². The van der Waals surface area contributed by atoms with E-state index in [1.165, 1.54) is 13.1 Å².